The summed E-state index contributed by atoms with van der Waals surface area (Å²) in [7, 11) is 0. The first-order valence-corrected chi connectivity index (χ1v) is 5.10. The van der Waals surface area contributed by atoms with E-state index in [2.05, 4.69) is 9.47 Å². The molecule has 0 fully saturated rings. The molecular formula is C8H12Cl2O5. The molecule has 0 spiro atoms. The van der Waals surface area contributed by atoms with E-state index in [1.807, 2.05) is 0 Å². The zero-order valence-corrected chi connectivity index (χ0v) is 9.62. The molecule has 1 unspecified atom stereocenters. The van der Waals surface area contributed by atoms with Crippen molar-refractivity contribution in [1.82, 2.24) is 0 Å². The smallest absolute Gasteiger partial charge is 0.339 e. The third-order valence-corrected chi connectivity index (χ3v) is 1.89. The lowest BCUT2D eigenvalue weighted by molar-refractivity contribution is -0.154. The summed E-state index contributed by atoms with van der Waals surface area (Å²) in [5, 5.41) is 8.49. The molecule has 0 amide bonds. The number of hydrogen-bond acceptors (Lipinski definition) is 5. The minimum absolute atomic E-state index is 0.216. The van der Waals surface area contributed by atoms with Crippen molar-refractivity contribution >= 4 is 35.0 Å². The Balaban J connectivity index is 4.06. The summed E-state index contributed by atoms with van der Waals surface area (Å²) in [4.78, 5) is 20.7. The van der Waals surface area contributed by atoms with Gasteiger partial charge in [0.05, 0.1) is 0 Å². The summed E-state index contributed by atoms with van der Waals surface area (Å²) in [6.45, 7) is 0.699. The van der Waals surface area contributed by atoms with Gasteiger partial charge in [0.1, 0.15) is 13.4 Å². The largest absolute Gasteiger partial charge is 0.460 e. The zero-order valence-electron chi connectivity index (χ0n) is 8.11. The molecule has 15 heavy (non-hydrogen) atoms. The number of rotatable bonds is 7. The van der Waals surface area contributed by atoms with Gasteiger partial charge in [0.25, 0.3) is 0 Å². The molecule has 0 aliphatic heterocycles. The summed E-state index contributed by atoms with van der Waals surface area (Å²) in [5.74, 6) is -1.13. The fraction of sp³-hybridized carbons (Fsp3) is 0.750. The molecule has 88 valence electrons. The predicted molar refractivity (Wildman–Crippen MR) is 53.7 cm³/mol. The summed E-state index contributed by atoms with van der Waals surface area (Å²) in [6, 6.07) is 0. The van der Waals surface area contributed by atoms with Crippen molar-refractivity contribution in [3.8, 4) is 0 Å². The van der Waals surface area contributed by atoms with Crippen LogP contribution >= 0.6 is 23.2 Å². The van der Waals surface area contributed by atoms with Crippen LogP contribution in [0.5, 0.6) is 0 Å². The van der Waals surface area contributed by atoms with Crippen LogP contribution < -0.4 is 0 Å². The summed E-state index contributed by atoms with van der Waals surface area (Å²) < 4.78 is 9.25. The molecule has 0 saturated carbocycles. The average Bonchev–Trinajstić information content (AvgIpc) is 2.22. The maximum atomic E-state index is 11.2. The van der Waals surface area contributed by atoms with Crippen LogP contribution in [0.25, 0.3) is 0 Å². The van der Waals surface area contributed by atoms with Crippen LogP contribution in [0.1, 0.15) is 13.3 Å². The fourth-order valence-electron chi connectivity index (χ4n) is 0.772. The minimum Gasteiger partial charge on any atom is -0.460 e. The van der Waals surface area contributed by atoms with Crippen LogP contribution in [0.2, 0.25) is 0 Å². The Hall–Kier alpha value is -0.360. The number of aliphatic hydroxyl groups is 1. The van der Waals surface area contributed by atoms with Crippen LogP contribution in [0, 0.1) is 0 Å². The molecule has 0 aliphatic rings. The molecule has 0 aliphatic carbocycles. The molecule has 1 N–H and O–H groups in total. The van der Waals surface area contributed by atoms with Gasteiger partial charge in [0, 0.05) is 6.42 Å². The van der Waals surface area contributed by atoms with Crippen LogP contribution in [0.15, 0.2) is 0 Å². The predicted octanol–water partition coefficient (Wildman–Crippen LogP) is 0.647. The van der Waals surface area contributed by atoms with Gasteiger partial charge in [-0.25, -0.2) is 4.79 Å². The highest BCUT2D eigenvalue weighted by Crippen LogP contribution is 2.06. The molecule has 0 aromatic heterocycles. The summed E-state index contributed by atoms with van der Waals surface area (Å²) in [6.07, 6.45) is -0.760. The Kier molecular flexibility index (Phi) is 7.68. The third kappa shape index (κ3) is 5.94. The van der Waals surface area contributed by atoms with E-state index in [0.29, 0.717) is 0 Å². The van der Waals surface area contributed by atoms with Crippen LogP contribution in [-0.2, 0) is 19.1 Å². The van der Waals surface area contributed by atoms with Gasteiger partial charge in [-0.1, -0.05) is 30.1 Å². The van der Waals surface area contributed by atoms with E-state index >= 15 is 0 Å². The highest BCUT2D eigenvalue weighted by atomic mass is 35.5. The average molecular weight is 259 g/mol. The molecule has 1 atom stereocenters. The molecule has 0 bridgehead atoms. The number of aliphatic hydroxyl groups excluding tert-OH is 1. The number of ether oxygens (including phenoxy) is 2. The van der Waals surface area contributed by atoms with Gasteiger partial charge >= 0.3 is 5.97 Å². The topological polar surface area (TPSA) is 72.8 Å². The third-order valence-electron chi connectivity index (χ3n) is 1.54. The number of Topliss-reactive ketones (excluding diaryl/α,β-unsaturated/α-hetero) is 1. The van der Waals surface area contributed by atoms with Crippen LogP contribution in [0.4, 0.5) is 0 Å². The van der Waals surface area contributed by atoms with E-state index in [4.69, 9.17) is 28.3 Å². The Morgan fingerprint density at radius 1 is 1.40 bits per heavy atom. The molecule has 0 radical (unpaired) electrons. The van der Waals surface area contributed by atoms with Gasteiger partial charge in [0.15, 0.2) is 11.9 Å². The number of ketones is 1. The van der Waals surface area contributed by atoms with Crippen molar-refractivity contribution in [1.29, 1.82) is 0 Å². The quantitative estimate of drug-likeness (QED) is 0.413. The maximum Gasteiger partial charge on any atom is 0.339 e. The second kappa shape index (κ2) is 7.87. The monoisotopic (exact) mass is 258 g/mol. The summed E-state index contributed by atoms with van der Waals surface area (Å²) >= 11 is 10.4. The number of hydrogen-bond donors (Lipinski definition) is 1. The van der Waals surface area contributed by atoms with Crippen LogP contribution in [-0.4, -0.2) is 41.2 Å². The SMILES string of the molecule is CCC(=O)C(COC(=O)C(Cl)Cl)OCO. The van der Waals surface area contributed by atoms with E-state index < -0.39 is 23.7 Å². The van der Waals surface area contributed by atoms with Gasteiger partial charge in [-0.05, 0) is 0 Å². The van der Waals surface area contributed by atoms with Crippen molar-refractivity contribution in [3.05, 3.63) is 0 Å². The van der Waals surface area contributed by atoms with E-state index in [1.54, 1.807) is 6.92 Å². The number of carbonyl (C=O) groups excluding carboxylic acids is 2. The first kappa shape index (κ1) is 14.6. The van der Waals surface area contributed by atoms with Crippen molar-refractivity contribution in [2.75, 3.05) is 13.4 Å². The van der Waals surface area contributed by atoms with Gasteiger partial charge < -0.3 is 14.6 Å². The Morgan fingerprint density at radius 3 is 2.40 bits per heavy atom. The Morgan fingerprint density at radius 2 is 2.00 bits per heavy atom. The first-order valence-electron chi connectivity index (χ1n) is 4.22. The van der Waals surface area contributed by atoms with Crippen molar-refractivity contribution in [2.45, 2.75) is 24.3 Å². The minimum atomic E-state index is -1.29. The molecule has 5 nitrogen and oxygen atoms in total. The fourth-order valence-corrected chi connectivity index (χ4v) is 0.898. The van der Waals surface area contributed by atoms with Gasteiger partial charge in [-0.3, -0.25) is 4.79 Å². The molecule has 0 saturated heterocycles. The normalized spacial score (nSPS) is 12.6. The van der Waals surface area contributed by atoms with Crippen molar-refractivity contribution in [2.24, 2.45) is 0 Å². The molecule has 0 rings (SSSR count). The molecule has 7 heteroatoms. The number of esters is 1. The lowest BCUT2D eigenvalue weighted by Crippen LogP contribution is -2.31. The summed E-state index contributed by atoms with van der Waals surface area (Å²) in [5.41, 5.74) is 0. The highest BCUT2D eigenvalue weighted by molar-refractivity contribution is 6.52. The number of carbonyl (C=O) groups is 2. The van der Waals surface area contributed by atoms with Crippen molar-refractivity contribution < 1.29 is 24.2 Å². The Labute approximate surface area is 97.2 Å². The van der Waals surface area contributed by atoms with Crippen molar-refractivity contribution in [3.63, 3.8) is 0 Å². The highest BCUT2D eigenvalue weighted by Gasteiger charge is 2.21. The number of halogens is 2. The van der Waals surface area contributed by atoms with E-state index in [-0.39, 0.29) is 18.8 Å². The standard InChI is InChI=1S/C8H12Cl2O5/c1-2-5(12)6(15-4-11)3-14-8(13)7(9)10/h6-7,11H,2-4H2,1H3. The first-order chi connectivity index (χ1) is 7.02. The second-order valence-electron chi connectivity index (χ2n) is 2.54. The van der Waals surface area contributed by atoms with Gasteiger partial charge in [-0.2, -0.15) is 0 Å². The number of alkyl halides is 2. The van der Waals surface area contributed by atoms with Gasteiger partial charge in [0.2, 0.25) is 4.84 Å². The lowest BCUT2D eigenvalue weighted by atomic mass is 10.2. The maximum absolute atomic E-state index is 11.2. The lowest BCUT2D eigenvalue weighted by Gasteiger charge is -2.14. The zero-order chi connectivity index (χ0) is 11.8. The molecule has 0 heterocycles. The van der Waals surface area contributed by atoms with E-state index in [1.165, 1.54) is 0 Å². The molecule has 0 aromatic carbocycles. The van der Waals surface area contributed by atoms with E-state index in [0.717, 1.165) is 0 Å². The molecular weight excluding hydrogens is 247 g/mol. The van der Waals surface area contributed by atoms with Crippen LogP contribution in [0.3, 0.4) is 0 Å². The Bertz CT molecular complexity index is 219. The molecule has 0 aromatic rings. The second-order valence-corrected chi connectivity index (χ2v) is 3.63. The van der Waals surface area contributed by atoms with Gasteiger partial charge in [-0.15, -0.1) is 0 Å². The van der Waals surface area contributed by atoms with E-state index in [9.17, 15) is 9.59 Å².